The summed E-state index contributed by atoms with van der Waals surface area (Å²) in [6.45, 7) is 18.6. The maximum absolute atomic E-state index is 10.0. The minimum atomic E-state index is 0. The summed E-state index contributed by atoms with van der Waals surface area (Å²) < 4.78 is 5.69. The number of rotatable bonds is 6. The number of aryl methyl sites for hydroxylation is 2. The number of hydrogen-bond acceptors (Lipinski definition) is 5. The van der Waals surface area contributed by atoms with E-state index in [1.807, 2.05) is 25.3 Å². The van der Waals surface area contributed by atoms with Crippen molar-refractivity contribution >= 4 is 17.4 Å². The minimum absolute atomic E-state index is 0. The van der Waals surface area contributed by atoms with E-state index in [2.05, 4.69) is 46.4 Å². The van der Waals surface area contributed by atoms with E-state index in [9.17, 15) is 4.79 Å². The number of methoxy groups -OCH3 is 1. The first-order chi connectivity index (χ1) is 17.0. The molecule has 0 amide bonds. The molecule has 37 heavy (non-hydrogen) atoms. The number of nitrogens with zero attached hydrogens (tertiary/aromatic N) is 2. The fourth-order valence-electron chi connectivity index (χ4n) is 4.15. The van der Waals surface area contributed by atoms with Crippen LogP contribution in [0.1, 0.15) is 102 Å². The van der Waals surface area contributed by atoms with Crippen LogP contribution in [-0.4, -0.2) is 35.5 Å². The fraction of sp³-hybridized carbons (Fsp3) is 0.531. The van der Waals surface area contributed by atoms with Crippen LogP contribution < -0.4 is 0 Å². The van der Waals surface area contributed by atoms with E-state index >= 15 is 0 Å². The van der Waals surface area contributed by atoms with Crippen molar-refractivity contribution < 1.29 is 14.6 Å². The van der Waals surface area contributed by atoms with Crippen molar-refractivity contribution in [2.75, 3.05) is 13.7 Å². The molecule has 0 saturated carbocycles. The number of aliphatic hydroxyl groups excluding tert-OH is 1. The Morgan fingerprint density at radius 3 is 2.22 bits per heavy atom. The van der Waals surface area contributed by atoms with Crippen LogP contribution in [0.4, 0.5) is 0 Å². The molecule has 1 heterocycles. The van der Waals surface area contributed by atoms with Crippen molar-refractivity contribution in [2.45, 2.75) is 94.4 Å². The lowest BCUT2D eigenvalue weighted by Crippen LogP contribution is -2.26. The Hall–Kier alpha value is -2.79. The summed E-state index contributed by atoms with van der Waals surface area (Å²) in [7, 11) is 1.67. The lowest BCUT2D eigenvalue weighted by molar-refractivity contribution is -0.117. The van der Waals surface area contributed by atoms with Gasteiger partial charge in [0.2, 0.25) is 5.90 Å². The van der Waals surface area contributed by atoms with E-state index in [1.165, 1.54) is 22.4 Å². The molecule has 5 nitrogen and oxygen atoms in total. The highest BCUT2D eigenvalue weighted by molar-refractivity contribution is 5.98. The molecule has 1 aliphatic carbocycles. The molecule has 206 valence electrons. The van der Waals surface area contributed by atoms with Crippen molar-refractivity contribution in [1.29, 1.82) is 0 Å². The van der Waals surface area contributed by atoms with Gasteiger partial charge in [0.15, 0.2) is 0 Å². The summed E-state index contributed by atoms with van der Waals surface area (Å²) in [6, 6.07) is 8.24. The van der Waals surface area contributed by atoms with Gasteiger partial charge in [-0.15, -0.1) is 0 Å². The lowest BCUT2D eigenvalue weighted by Gasteiger charge is -2.33. The van der Waals surface area contributed by atoms with Crippen molar-refractivity contribution in [3.05, 3.63) is 70.6 Å². The van der Waals surface area contributed by atoms with Gasteiger partial charge in [-0.25, -0.2) is 4.99 Å². The number of Topliss-reactive ketones (excluding diaryl/α,β-unsaturated/α-hetero) is 1. The lowest BCUT2D eigenvalue weighted by atomic mass is 9.73. The standard InChI is InChI=1S/C24H30N2O.C5H10O.C2H6O.CH4/c1-7-22-20-14-24(4,5)13-12-19(20)21(15-25-22)23(27-6)26-17(3)18-10-8-16(2)9-11-18;1-3-4-5(2)6;1-2-3;/h8-11,15H,3,7,12-14H2,1-2,4-6H3;3-4H2,1-2H3;3H,2H2,1H3;1H4. The van der Waals surface area contributed by atoms with E-state index in [4.69, 9.17) is 19.8 Å². The van der Waals surface area contributed by atoms with E-state index < -0.39 is 0 Å². The number of benzene rings is 1. The maximum Gasteiger partial charge on any atom is 0.222 e. The Kier molecular flexibility index (Phi) is 15.6. The van der Waals surface area contributed by atoms with Gasteiger partial charge in [-0.2, -0.15) is 0 Å². The highest BCUT2D eigenvalue weighted by Crippen LogP contribution is 2.37. The highest BCUT2D eigenvalue weighted by Gasteiger charge is 2.30. The second-order valence-corrected chi connectivity index (χ2v) is 9.97. The number of ketones is 1. The zero-order valence-corrected chi connectivity index (χ0v) is 23.7. The molecule has 1 aromatic carbocycles. The first-order valence-corrected chi connectivity index (χ1v) is 13.0. The highest BCUT2D eigenvalue weighted by atomic mass is 16.5. The van der Waals surface area contributed by atoms with E-state index in [0.717, 1.165) is 49.7 Å². The van der Waals surface area contributed by atoms with Crippen LogP contribution in [0.15, 0.2) is 42.0 Å². The summed E-state index contributed by atoms with van der Waals surface area (Å²) in [5.74, 6) is 0.893. The quantitative estimate of drug-likeness (QED) is 0.322. The summed E-state index contributed by atoms with van der Waals surface area (Å²) in [5, 5.41) is 7.57. The van der Waals surface area contributed by atoms with Gasteiger partial charge in [0, 0.05) is 24.9 Å². The second kappa shape index (κ2) is 16.9. The van der Waals surface area contributed by atoms with Gasteiger partial charge in [-0.3, -0.25) is 4.98 Å². The van der Waals surface area contributed by atoms with Crippen molar-refractivity contribution in [1.82, 2.24) is 4.98 Å². The van der Waals surface area contributed by atoms with Crippen LogP contribution in [0.2, 0.25) is 0 Å². The fourth-order valence-corrected chi connectivity index (χ4v) is 4.15. The first-order valence-electron chi connectivity index (χ1n) is 13.0. The predicted octanol–water partition coefficient (Wildman–Crippen LogP) is 7.54. The minimum Gasteiger partial charge on any atom is -0.480 e. The molecule has 0 saturated heterocycles. The van der Waals surface area contributed by atoms with Gasteiger partial charge in [0.1, 0.15) is 5.78 Å². The number of carbonyl (C=O) groups is 1. The van der Waals surface area contributed by atoms with Crippen LogP contribution in [0.5, 0.6) is 0 Å². The molecule has 0 bridgehead atoms. The molecule has 0 unspecified atom stereocenters. The Morgan fingerprint density at radius 2 is 1.76 bits per heavy atom. The third-order valence-corrected chi connectivity index (χ3v) is 6.08. The first kappa shape index (κ1) is 34.2. The zero-order valence-electron chi connectivity index (χ0n) is 23.7. The molecule has 0 atom stereocenters. The van der Waals surface area contributed by atoms with Crippen LogP contribution in [-0.2, 0) is 28.8 Å². The Balaban J connectivity index is 0.00000112. The average Bonchev–Trinajstić information content (AvgIpc) is 2.82. The number of fused-ring (bicyclic) bond motifs is 1. The molecule has 1 N–H and O–H groups in total. The summed E-state index contributed by atoms with van der Waals surface area (Å²) in [6.07, 6.45) is 7.86. The maximum atomic E-state index is 10.0. The predicted molar refractivity (Wildman–Crippen MR) is 158 cm³/mol. The molecule has 0 radical (unpaired) electrons. The molecule has 3 rings (SSSR count). The second-order valence-electron chi connectivity index (χ2n) is 9.97. The van der Waals surface area contributed by atoms with E-state index in [1.54, 1.807) is 21.0 Å². The van der Waals surface area contributed by atoms with Crippen molar-refractivity contribution in [2.24, 2.45) is 10.4 Å². The van der Waals surface area contributed by atoms with Crippen LogP contribution >= 0.6 is 0 Å². The number of pyridine rings is 1. The summed E-state index contributed by atoms with van der Waals surface area (Å²) in [4.78, 5) is 19.5. The molecule has 5 heteroatoms. The van der Waals surface area contributed by atoms with Crippen LogP contribution in [0.3, 0.4) is 0 Å². The molecule has 0 fully saturated rings. The van der Waals surface area contributed by atoms with Gasteiger partial charge in [0.05, 0.1) is 18.4 Å². The number of hydrogen-bond donors (Lipinski definition) is 1. The van der Waals surface area contributed by atoms with Crippen LogP contribution in [0, 0.1) is 12.3 Å². The third-order valence-electron chi connectivity index (χ3n) is 6.08. The van der Waals surface area contributed by atoms with Gasteiger partial charge in [-0.05, 0) is 75.0 Å². The number of ether oxygens (including phenoxy) is 1. The van der Waals surface area contributed by atoms with Crippen LogP contribution in [0.25, 0.3) is 5.70 Å². The van der Waals surface area contributed by atoms with E-state index in [-0.39, 0.29) is 19.8 Å². The molecule has 1 aromatic heterocycles. The van der Waals surface area contributed by atoms with Gasteiger partial charge < -0.3 is 14.6 Å². The number of aliphatic imine (C=N–C) groups is 1. The van der Waals surface area contributed by atoms with Gasteiger partial charge >= 0.3 is 0 Å². The molecular weight excluding hydrogens is 460 g/mol. The SMILES string of the molecule is C.C=C(N=C(OC)c1cnc(CC)c2c1CCC(C)(C)C2)c1ccc(C)cc1.CCCC(C)=O.CCO. The van der Waals surface area contributed by atoms with Gasteiger partial charge in [0.25, 0.3) is 0 Å². The number of aliphatic hydroxyl groups is 1. The topological polar surface area (TPSA) is 71.8 Å². The van der Waals surface area contributed by atoms with Crippen molar-refractivity contribution in [3.8, 4) is 0 Å². The Labute approximate surface area is 226 Å². The van der Waals surface area contributed by atoms with E-state index in [0.29, 0.717) is 17.0 Å². The normalized spacial score (nSPS) is 13.5. The average molecular weight is 511 g/mol. The molecular formula is C32H50N2O3. The summed E-state index contributed by atoms with van der Waals surface area (Å²) >= 11 is 0. The van der Waals surface area contributed by atoms with Gasteiger partial charge in [-0.1, -0.05) is 71.5 Å². The Morgan fingerprint density at radius 1 is 1.16 bits per heavy atom. The summed E-state index contributed by atoms with van der Waals surface area (Å²) in [5.41, 5.74) is 8.18. The largest absolute Gasteiger partial charge is 0.480 e. The Bertz CT molecular complexity index is 1020. The molecule has 2 aromatic rings. The number of aromatic nitrogens is 1. The monoisotopic (exact) mass is 510 g/mol. The molecule has 0 aliphatic heterocycles. The zero-order chi connectivity index (χ0) is 27.3. The number of carbonyl (C=O) groups excluding carboxylic acids is 1. The molecule has 0 spiro atoms. The molecule has 1 aliphatic rings. The third kappa shape index (κ3) is 11.0. The van der Waals surface area contributed by atoms with Crippen molar-refractivity contribution in [3.63, 3.8) is 0 Å². The smallest absolute Gasteiger partial charge is 0.222 e.